The monoisotopic (exact) mass is 702 g/mol. The maximum absolute atomic E-state index is 15.0. The molecule has 0 spiro atoms. The molecule has 0 heterocycles. The van der Waals surface area contributed by atoms with Gasteiger partial charge in [0.2, 0.25) is 5.83 Å². The predicted molar refractivity (Wildman–Crippen MR) is 107 cm³/mol. The van der Waals surface area contributed by atoms with Crippen LogP contribution < -0.4 is 0 Å². The van der Waals surface area contributed by atoms with E-state index < -0.39 is 94.9 Å². The Morgan fingerprint density at radius 1 is 0.524 bits per heavy atom. The molecule has 0 aromatic rings. The minimum absolute atomic E-state index is 0.816. The summed E-state index contributed by atoms with van der Waals surface area (Å²) in [5.74, 6) is -54.9. The van der Waals surface area contributed by atoms with Gasteiger partial charge in [-0.05, 0) is 27.7 Å². The van der Waals surface area contributed by atoms with Crippen LogP contribution in [0.3, 0.4) is 0 Å². The largest absolute Gasteiger partial charge is 0.530 e. The fourth-order valence-electron chi connectivity index (χ4n) is 2.46. The zero-order chi connectivity index (χ0) is 34.0. The molecule has 0 unspecified atom stereocenters. The Hall–Kier alpha value is -1.28. The lowest BCUT2D eigenvalue weighted by molar-refractivity contribution is -0.450. The van der Waals surface area contributed by atoms with Crippen LogP contribution in [-0.4, -0.2) is 68.1 Å². The van der Waals surface area contributed by atoms with Gasteiger partial charge in [0.1, 0.15) is 0 Å². The molecule has 0 atom stereocenters. The number of halogens is 16. The van der Waals surface area contributed by atoms with Crippen molar-refractivity contribution in [2.24, 2.45) is 0 Å². The van der Waals surface area contributed by atoms with Crippen molar-refractivity contribution in [3.8, 4) is 0 Å². The van der Waals surface area contributed by atoms with Crippen LogP contribution in [0.25, 0.3) is 0 Å². The second-order valence-electron chi connectivity index (χ2n) is 7.27. The highest BCUT2D eigenvalue weighted by atomic mass is 31.2. The fraction of sp³-hybridized carbons (Fsp3) is 0.882. The van der Waals surface area contributed by atoms with Crippen LogP contribution in [0.15, 0.2) is 11.3 Å². The third-order valence-corrected chi connectivity index (χ3v) is 8.09. The summed E-state index contributed by atoms with van der Waals surface area (Å²) in [5, 5.41) is 0. The van der Waals surface area contributed by atoms with E-state index in [9.17, 15) is 79.4 Å². The third-order valence-electron chi connectivity index (χ3n) is 4.41. The Morgan fingerprint density at radius 2 is 0.833 bits per heavy atom. The molecule has 0 saturated carbocycles. The second-order valence-corrected chi connectivity index (χ2v) is 10.8. The number of hydrogen-bond acceptors (Lipinski definition) is 7. The molecular formula is C17H20F16O7P2. The zero-order valence-electron chi connectivity index (χ0n) is 21.1. The molecule has 0 amide bonds. The molecule has 0 rings (SSSR count). The summed E-state index contributed by atoms with van der Waals surface area (Å²) in [4.78, 5) is 0. The van der Waals surface area contributed by atoms with Crippen LogP contribution in [0.1, 0.15) is 27.7 Å². The number of allylic oxidation sites excluding steroid dienone is 1. The first-order valence-electron chi connectivity index (χ1n) is 10.7. The maximum atomic E-state index is 15.0. The van der Waals surface area contributed by atoms with Crippen LogP contribution in [-0.2, 0) is 31.7 Å². The number of hydrogen-bond donors (Lipinski definition) is 0. The van der Waals surface area contributed by atoms with E-state index in [0.29, 0.717) is 0 Å². The van der Waals surface area contributed by atoms with Crippen LogP contribution in [0.4, 0.5) is 70.2 Å². The summed E-state index contributed by atoms with van der Waals surface area (Å²) < 4.78 is 265. The van der Waals surface area contributed by atoms with Crippen molar-refractivity contribution in [1.29, 1.82) is 0 Å². The van der Waals surface area contributed by atoms with E-state index in [1.807, 2.05) is 0 Å². The van der Waals surface area contributed by atoms with Crippen molar-refractivity contribution < 1.29 is 102 Å². The standard InChI is InChI=1S/C17H20F16O7P2/c1-5-36-41(34,37-6-2)10(40-42(35,38-7-3)39-8-4)9(18)11(19,20)12(21,22)13(23,24)14(25,26)15(27,28)16(29,30)17(31,32)33/h5-8H2,1-4H3/b10-9+. The van der Waals surface area contributed by atoms with Gasteiger partial charge in [0, 0.05) is 0 Å². The topological polar surface area (TPSA) is 80.3 Å². The van der Waals surface area contributed by atoms with E-state index in [1.54, 1.807) is 0 Å². The van der Waals surface area contributed by atoms with Gasteiger partial charge in [0.15, 0.2) is 0 Å². The summed E-state index contributed by atoms with van der Waals surface area (Å²) in [5.41, 5.74) is -3.09. The van der Waals surface area contributed by atoms with E-state index in [4.69, 9.17) is 0 Å². The molecule has 0 aliphatic heterocycles. The van der Waals surface area contributed by atoms with Gasteiger partial charge >= 0.3 is 57.1 Å². The third kappa shape index (κ3) is 6.84. The SMILES string of the molecule is CCOP(=O)(OCC)O/C(=C(\F)C(F)(F)C(F)(F)C(F)(F)C(F)(F)C(F)(F)C(F)(F)C(F)(F)F)P(=O)(OCC)OCC. The smallest absolute Gasteiger partial charge is 0.392 e. The first-order chi connectivity index (χ1) is 18.5. The van der Waals surface area contributed by atoms with Crippen molar-refractivity contribution in [3.63, 3.8) is 0 Å². The molecule has 0 aliphatic rings. The fourth-order valence-corrected chi connectivity index (χ4v) is 5.63. The molecule has 0 aromatic heterocycles. The molecule has 0 N–H and O–H groups in total. The van der Waals surface area contributed by atoms with E-state index in [1.165, 1.54) is 0 Å². The van der Waals surface area contributed by atoms with E-state index in [0.717, 1.165) is 27.7 Å². The van der Waals surface area contributed by atoms with Crippen molar-refractivity contribution in [2.45, 2.75) is 69.4 Å². The Balaban J connectivity index is 7.66. The molecular weight excluding hydrogens is 682 g/mol. The normalized spacial score (nSPS) is 16.0. The number of alkyl halides is 15. The summed E-state index contributed by atoms with van der Waals surface area (Å²) in [6.07, 6.45) is -7.85. The molecule has 0 fully saturated rings. The van der Waals surface area contributed by atoms with Crippen LogP contribution in [0.2, 0.25) is 0 Å². The van der Waals surface area contributed by atoms with Crippen molar-refractivity contribution in [2.75, 3.05) is 26.4 Å². The van der Waals surface area contributed by atoms with E-state index in [2.05, 4.69) is 22.6 Å². The summed E-state index contributed by atoms with van der Waals surface area (Å²) in [6, 6.07) is 0. The Morgan fingerprint density at radius 3 is 1.14 bits per heavy atom. The second kappa shape index (κ2) is 13.0. The van der Waals surface area contributed by atoms with Gasteiger partial charge in [-0.15, -0.1) is 0 Å². The van der Waals surface area contributed by atoms with Crippen LogP contribution in [0, 0.1) is 0 Å². The predicted octanol–water partition coefficient (Wildman–Crippen LogP) is 8.96. The average Bonchev–Trinajstić information content (AvgIpc) is 2.81. The van der Waals surface area contributed by atoms with Gasteiger partial charge in [-0.1, -0.05) is 0 Å². The van der Waals surface area contributed by atoms with Crippen molar-refractivity contribution in [1.82, 2.24) is 0 Å². The molecule has 0 saturated heterocycles. The lowest BCUT2D eigenvalue weighted by atomic mass is 9.91. The first-order valence-corrected chi connectivity index (χ1v) is 13.7. The molecule has 252 valence electrons. The van der Waals surface area contributed by atoms with Crippen molar-refractivity contribution >= 4 is 15.4 Å². The van der Waals surface area contributed by atoms with Crippen LogP contribution in [0.5, 0.6) is 0 Å². The quantitative estimate of drug-likeness (QED) is 0.0851. The number of rotatable bonds is 17. The van der Waals surface area contributed by atoms with Crippen molar-refractivity contribution in [3.05, 3.63) is 11.3 Å². The highest BCUT2D eigenvalue weighted by molar-refractivity contribution is 7.59. The van der Waals surface area contributed by atoms with Gasteiger partial charge in [-0.2, -0.15) is 65.9 Å². The first kappa shape index (κ1) is 40.7. The zero-order valence-corrected chi connectivity index (χ0v) is 22.9. The van der Waals surface area contributed by atoms with E-state index >= 15 is 0 Å². The Labute approximate surface area is 225 Å². The lowest BCUT2D eigenvalue weighted by Crippen LogP contribution is -2.72. The van der Waals surface area contributed by atoms with E-state index in [-0.39, 0.29) is 0 Å². The highest BCUT2D eigenvalue weighted by Gasteiger charge is 2.94. The van der Waals surface area contributed by atoms with Gasteiger partial charge in [-0.3, -0.25) is 13.6 Å². The summed E-state index contributed by atoms with van der Waals surface area (Å²) in [6.45, 7) is -0.228. The molecule has 25 heteroatoms. The van der Waals surface area contributed by atoms with Gasteiger partial charge < -0.3 is 13.6 Å². The molecule has 42 heavy (non-hydrogen) atoms. The summed E-state index contributed by atoms with van der Waals surface area (Å²) >= 11 is 0. The highest BCUT2D eigenvalue weighted by Crippen LogP contribution is 2.68. The summed E-state index contributed by atoms with van der Waals surface area (Å²) in [7, 11) is -11.7. The number of phosphoric ester groups is 1. The van der Waals surface area contributed by atoms with Gasteiger partial charge in [-0.25, -0.2) is 8.96 Å². The minimum atomic E-state index is -8.73. The maximum Gasteiger partial charge on any atom is 0.530 e. The van der Waals surface area contributed by atoms with Crippen LogP contribution >= 0.6 is 15.4 Å². The van der Waals surface area contributed by atoms with Gasteiger partial charge in [0.05, 0.1) is 26.4 Å². The Bertz CT molecular complexity index is 1040. The Kier molecular flexibility index (Phi) is 12.6. The molecule has 0 radical (unpaired) electrons. The number of phosphoric acid groups is 1. The molecule has 0 bridgehead atoms. The molecule has 0 aromatic carbocycles. The lowest BCUT2D eigenvalue weighted by Gasteiger charge is -2.41. The molecule has 7 nitrogen and oxygen atoms in total. The molecule has 0 aliphatic carbocycles. The average molecular weight is 702 g/mol. The minimum Gasteiger partial charge on any atom is -0.392 e. The van der Waals surface area contributed by atoms with Gasteiger partial charge in [0.25, 0.3) is 5.50 Å².